The molecule has 0 saturated heterocycles. The van der Waals surface area contributed by atoms with E-state index in [0.717, 1.165) is 0 Å². The quantitative estimate of drug-likeness (QED) is 0.471. The highest BCUT2D eigenvalue weighted by molar-refractivity contribution is 6.30. The van der Waals surface area contributed by atoms with E-state index in [1.807, 2.05) is 20.8 Å². The number of guanidine groups is 1. The van der Waals surface area contributed by atoms with Crippen molar-refractivity contribution in [1.82, 2.24) is 16.0 Å². The lowest BCUT2D eigenvalue weighted by Gasteiger charge is -2.25. The first-order valence-corrected chi connectivity index (χ1v) is 8.53. The molecular formula is C17H25ClF2N4O2. The van der Waals surface area contributed by atoms with Gasteiger partial charge in [0.15, 0.2) is 5.96 Å². The van der Waals surface area contributed by atoms with Crippen molar-refractivity contribution in [2.24, 2.45) is 10.4 Å². The summed E-state index contributed by atoms with van der Waals surface area (Å²) in [7, 11) is 1.57. The second-order valence-corrected chi connectivity index (χ2v) is 6.59. The number of aliphatic imine (C=N–C) groups is 1. The highest BCUT2D eigenvalue weighted by Gasteiger charge is 2.27. The fourth-order valence-electron chi connectivity index (χ4n) is 2.08. The molecule has 26 heavy (non-hydrogen) atoms. The summed E-state index contributed by atoms with van der Waals surface area (Å²) in [5.41, 5.74) is -0.183. The number of hydrogen-bond donors (Lipinski definition) is 3. The summed E-state index contributed by atoms with van der Waals surface area (Å²) in [6.45, 7) is 3.61. The Bertz CT molecular complexity index is 639. The Kier molecular flexibility index (Phi) is 8.57. The van der Waals surface area contributed by atoms with Crippen LogP contribution in [0.3, 0.4) is 0 Å². The Labute approximate surface area is 157 Å². The largest absolute Gasteiger partial charge is 0.434 e. The van der Waals surface area contributed by atoms with Crippen molar-refractivity contribution in [3.8, 4) is 5.75 Å². The molecule has 1 amide bonds. The maximum atomic E-state index is 12.5. The third kappa shape index (κ3) is 7.03. The molecule has 3 N–H and O–H groups in total. The molecule has 0 aliphatic heterocycles. The topological polar surface area (TPSA) is 74.8 Å². The first-order valence-electron chi connectivity index (χ1n) is 8.15. The number of nitrogens with one attached hydrogen (secondary N) is 3. The summed E-state index contributed by atoms with van der Waals surface area (Å²) >= 11 is 5.93. The van der Waals surface area contributed by atoms with Crippen LogP contribution in [0, 0.1) is 5.41 Å². The van der Waals surface area contributed by atoms with E-state index in [0.29, 0.717) is 29.6 Å². The predicted octanol–water partition coefficient (Wildman–Crippen LogP) is 2.77. The predicted molar refractivity (Wildman–Crippen MR) is 98.8 cm³/mol. The molecule has 0 radical (unpaired) electrons. The van der Waals surface area contributed by atoms with Gasteiger partial charge < -0.3 is 20.7 Å². The van der Waals surface area contributed by atoms with Gasteiger partial charge in [0.1, 0.15) is 5.75 Å². The summed E-state index contributed by atoms with van der Waals surface area (Å²) in [6, 6.07) is 4.41. The molecule has 6 nitrogen and oxygen atoms in total. The molecule has 0 bridgehead atoms. The fourth-order valence-corrected chi connectivity index (χ4v) is 2.28. The minimum atomic E-state index is -2.93. The second-order valence-electron chi connectivity index (χ2n) is 6.15. The molecule has 0 unspecified atom stereocenters. The van der Waals surface area contributed by atoms with Gasteiger partial charge in [-0.3, -0.25) is 9.79 Å². The molecule has 0 aliphatic carbocycles. The lowest BCUT2D eigenvalue weighted by Crippen LogP contribution is -2.47. The standard InChI is InChI=1S/C17H25ClF2N4O2/c1-5-22-14(25)17(2,3)10-24-16(21-4)23-9-11-8-12(18)6-7-13(11)26-15(19)20/h6-8,15H,5,9-10H2,1-4H3,(H,22,25)(H2,21,23,24). The number of rotatable bonds is 8. The van der Waals surface area contributed by atoms with Gasteiger partial charge in [-0.25, -0.2) is 0 Å². The van der Waals surface area contributed by atoms with Crippen molar-refractivity contribution in [2.45, 2.75) is 33.9 Å². The SMILES string of the molecule is CCNC(=O)C(C)(C)CNC(=NC)NCc1cc(Cl)ccc1OC(F)F. The van der Waals surface area contributed by atoms with Gasteiger partial charge in [0, 0.05) is 37.3 Å². The van der Waals surface area contributed by atoms with E-state index in [-0.39, 0.29) is 18.2 Å². The molecule has 1 aromatic carbocycles. The monoisotopic (exact) mass is 390 g/mol. The van der Waals surface area contributed by atoms with Gasteiger partial charge in [-0.2, -0.15) is 8.78 Å². The summed E-state index contributed by atoms with van der Waals surface area (Å²) in [5, 5.41) is 9.23. The van der Waals surface area contributed by atoms with Gasteiger partial charge >= 0.3 is 6.61 Å². The number of benzene rings is 1. The van der Waals surface area contributed by atoms with Crippen molar-refractivity contribution in [2.75, 3.05) is 20.1 Å². The Hall–Kier alpha value is -2.09. The third-order valence-electron chi connectivity index (χ3n) is 3.56. The van der Waals surface area contributed by atoms with Crippen LogP contribution in [-0.4, -0.2) is 38.6 Å². The summed E-state index contributed by atoms with van der Waals surface area (Å²) in [6.07, 6.45) is 0. The van der Waals surface area contributed by atoms with Crippen LogP contribution in [0.2, 0.25) is 5.02 Å². The van der Waals surface area contributed by atoms with Gasteiger partial charge in [0.05, 0.1) is 5.41 Å². The van der Waals surface area contributed by atoms with E-state index in [2.05, 4.69) is 25.7 Å². The number of carbonyl (C=O) groups is 1. The van der Waals surface area contributed by atoms with E-state index in [4.69, 9.17) is 11.6 Å². The van der Waals surface area contributed by atoms with Crippen molar-refractivity contribution >= 4 is 23.5 Å². The molecule has 0 heterocycles. The highest BCUT2D eigenvalue weighted by atomic mass is 35.5. The van der Waals surface area contributed by atoms with Gasteiger partial charge in [-0.1, -0.05) is 11.6 Å². The number of nitrogens with zero attached hydrogens (tertiary/aromatic N) is 1. The Balaban J connectivity index is 2.70. The zero-order chi connectivity index (χ0) is 19.7. The maximum absolute atomic E-state index is 12.5. The van der Waals surface area contributed by atoms with Crippen molar-refractivity contribution < 1.29 is 18.3 Å². The average molecular weight is 391 g/mol. The lowest BCUT2D eigenvalue weighted by atomic mass is 9.92. The van der Waals surface area contributed by atoms with E-state index >= 15 is 0 Å². The van der Waals surface area contributed by atoms with E-state index in [1.54, 1.807) is 7.05 Å². The molecule has 1 rings (SSSR count). The van der Waals surface area contributed by atoms with Crippen LogP contribution in [0.25, 0.3) is 0 Å². The Morgan fingerprint density at radius 3 is 2.58 bits per heavy atom. The molecule has 146 valence electrons. The number of carbonyl (C=O) groups excluding carboxylic acids is 1. The minimum Gasteiger partial charge on any atom is -0.434 e. The normalized spacial score (nSPS) is 12.1. The van der Waals surface area contributed by atoms with Crippen LogP contribution in [0.15, 0.2) is 23.2 Å². The van der Waals surface area contributed by atoms with Crippen LogP contribution in [0.4, 0.5) is 8.78 Å². The third-order valence-corrected chi connectivity index (χ3v) is 3.79. The molecule has 0 fully saturated rings. The second kappa shape index (κ2) is 10.2. The van der Waals surface area contributed by atoms with Crippen LogP contribution >= 0.6 is 11.6 Å². The maximum Gasteiger partial charge on any atom is 0.387 e. The molecule has 1 aromatic rings. The first kappa shape index (κ1) is 22.0. The van der Waals surface area contributed by atoms with Crippen LogP contribution in [-0.2, 0) is 11.3 Å². The zero-order valence-electron chi connectivity index (χ0n) is 15.3. The van der Waals surface area contributed by atoms with Crippen molar-refractivity contribution in [3.05, 3.63) is 28.8 Å². The van der Waals surface area contributed by atoms with E-state index in [1.165, 1.54) is 18.2 Å². The van der Waals surface area contributed by atoms with E-state index < -0.39 is 12.0 Å². The molecule has 9 heteroatoms. The fraction of sp³-hybridized carbons (Fsp3) is 0.529. The summed E-state index contributed by atoms with van der Waals surface area (Å²) in [4.78, 5) is 16.1. The number of hydrogen-bond acceptors (Lipinski definition) is 3. The molecule has 0 saturated carbocycles. The molecule has 0 spiro atoms. The lowest BCUT2D eigenvalue weighted by molar-refractivity contribution is -0.128. The average Bonchev–Trinajstić information content (AvgIpc) is 2.57. The molecular weight excluding hydrogens is 366 g/mol. The zero-order valence-corrected chi connectivity index (χ0v) is 16.1. The summed E-state index contributed by atoms with van der Waals surface area (Å²) in [5.74, 6) is 0.380. The van der Waals surface area contributed by atoms with Crippen LogP contribution in [0.5, 0.6) is 5.75 Å². The number of alkyl halides is 2. The van der Waals surface area contributed by atoms with Crippen LogP contribution in [0.1, 0.15) is 26.3 Å². The highest BCUT2D eigenvalue weighted by Crippen LogP contribution is 2.24. The van der Waals surface area contributed by atoms with Gasteiger partial charge in [0.25, 0.3) is 0 Å². The number of halogens is 3. The van der Waals surface area contributed by atoms with Gasteiger partial charge in [0.2, 0.25) is 5.91 Å². The first-order chi connectivity index (χ1) is 12.2. The van der Waals surface area contributed by atoms with Crippen LogP contribution < -0.4 is 20.7 Å². The molecule has 0 aromatic heterocycles. The van der Waals surface area contributed by atoms with E-state index in [9.17, 15) is 13.6 Å². The van der Waals surface area contributed by atoms with Gasteiger partial charge in [-0.05, 0) is 39.0 Å². The van der Waals surface area contributed by atoms with Crippen molar-refractivity contribution in [3.63, 3.8) is 0 Å². The minimum absolute atomic E-state index is 0.0370. The number of amides is 1. The summed E-state index contributed by atoms with van der Waals surface area (Å²) < 4.78 is 29.5. The Morgan fingerprint density at radius 1 is 1.31 bits per heavy atom. The molecule has 0 atom stereocenters. The number of ether oxygens (including phenoxy) is 1. The van der Waals surface area contributed by atoms with Gasteiger partial charge in [-0.15, -0.1) is 0 Å². The Morgan fingerprint density at radius 2 is 2.00 bits per heavy atom. The molecule has 0 aliphatic rings. The smallest absolute Gasteiger partial charge is 0.387 e. The van der Waals surface area contributed by atoms with Crippen molar-refractivity contribution in [1.29, 1.82) is 0 Å².